The van der Waals surface area contributed by atoms with Gasteiger partial charge >= 0.3 is 0 Å². The third-order valence-electron chi connectivity index (χ3n) is 2.00. The lowest BCUT2D eigenvalue weighted by Gasteiger charge is -2.20. The van der Waals surface area contributed by atoms with E-state index in [1.165, 1.54) is 0 Å². The number of hydrogen-bond donors (Lipinski definition) is 1. The average molecular weight is 191 g/mol. The summed E-state index contributed by atoms with van der Waals surface area (Å²) in [5.41, 5.74) is 0. The Kier molecular flexibility index (Phi) is 4.18. The predicted octanol–water partition coefficient (Wildman–Crippen LogP) is -0.178. The molecule has 1 heterocycles. The van der Waals surface area contributed by atoms with Crippen LogP contribution in [0.25, 0.3) is 0 Å². The maximum atomic E-state index is 11.1. The molecule has 0 spiro atoms. The van der Waals surface area contributed by atoms with Crippen molar-refractivity contribution in [2.45, 2.75) is 19.4 Å². The van der Waals surface area contributed by atoms with Crippen LogP contribution in [0.5, 0.6) is 0 Å². The number of aliphatic hydroxyl groups excluding tert-OH is 1. The fourth-order valence-electron chi connectivity index (χ4n) is 1.45. The predicted molar refractivity (Wildman–Crippen MR) is 50.6 cm³/mol. The Balaban J connectivity index is 2.30. The summed E-state index contributed by atoms with van der Waals surface area (Å²) in [5.74, 6) is 1.60. The summed E-state index contributed by atoms with van der Waals surface area (Å²) in [5, 5.41) is 9.14. The van der Waals surface area contributed by atoms with Crippen LogP contribution in [0.2, 0.25) is 0 Å². The Morgan fingerprint density at radius 1 is 1.50 bits per heavy atom. The topological polar surface area (TPSA) is 40.5 Å². The molecule has 3 nitrogen and oxygen atoms in total. The molecule has 1 saturated heterocycles. The van der Waals surface area contributed by atoms with Gasteiger partial charge in [-0.3, -0.25) is 9.11 Å². The number of rotatable bonds is 2. The van der Waals surface area contributed by atoms with Crippen LogP contribution in [0.15, 0.2) is 0 Å². The zero-order valence-corrected chi connectivity index (χ0v) is 8.35. The Morgan fingerprint density at radius 2 is 2.25 bits per heavy atom. The minimum atomic E-state index is -0.616. The van der Waals surface area contributed by atoms with Gasteiger partial charge in [0.25, 0.3) is 0 Å². The van der Waals surface area contributed by atoms with Gasteiger partial charge < -0.3 is 5.11 Å². The molecular formula is C8H17NO2S. The summed E-state index contributed by atoms with van der Waals surface area (Å²) in [6, 6.07) is 0. The molecule has 0 bridgehead atoms. The van der Waals surface area contributed by atoms with E-state index in [-0.39, 0.29) is 6.10 Å². The van der Waals surface area contributed by atoms with Gasteiger partial charge in [-0.25, -0.2) is 0 Å². The zero-order chi connectivity index (χ0) is 8.97. The Bertz CT molecular complexity index is 161. The molecule has 1 unspecified atom stereocenters. The molecule has 0 aliphatic carbocycles. The van der Waals surface area contributed by atoms with Crippen LogP contribution in [0.4, 0.5) is 0 Å². The van der Waals surface area contributed by atoms with Gasteiger partial charge in [-0.05, 0) is 19.9 Å². The normalized spacial score (nSPS) is 29.7. The second-order valence-corrected chi connectivity index (χ2v) is 5.05. The first-order valence-corrected chi connectivity index (χ1v) is 5.92. The van der Waals surface area contributed by atoms with E-state index < -0.39 is 10.8 Å². The Labute approximate surface area is 76.2 Å². The number of aliphatic hydroxyl groups is 1. The van der Waals surface area contributed by atoms with Crippen LogP contribution < -0.4 is 0 Å². The van der Waals surface area contributed by atoms with Gasteiger partial charge in [0.2, 0.25) is 0 Å². The minimum Gasteiger partial charge on any atom is -0.392 e. The number of nitrogens with zero attached hydrogens (tertiary/aromatic N) is 1. The fraction of sp³-hybridized carbons (Fsp3) is 1.00. The number of β-amino-alcohol motifs (C(OH)–C–C–N with tert-alkyl or cyclic N) is 1. The van der Waals surface area contributed by atoms with Crippen molar-refractivity contribution < 1.29 is 9.32 Å². The summed E-state index contributed by atoms with van der Waals surface area (Å²) >= 11 is 0. The van der Waals surface area contributed by atoms with E-state index in [1.807, 2.05) is 0 Å². The lowest BCUT2D eigenvalue weighted by molar-refractivity contribution is 0.131. The third-order valence-corrected chi connectivity index (χ3v) is 3.39. The fourth-order valence-corrected chi connectivity index (χ4v) is 2.57. The summed E-state index contributed by atoms with van der Waals surface area (Å²) < 4.78 is 11.1. The molecule has 1 aliphatic rings. The maximum absolute atomic E-state index is 11.1. The summed E-state index contributed by atoms with van der Waals surface area (Å²) in [6.07, 6.45) is 0.732. The van der Waals surface area contributed by atoms with Gasteiger partial charge in [-0.2, -0.15) is 0 Å². The minimum absolute atomic E-state index is 0.267. The van der Waals surface area contributed by atoms with Gasteiger partial charge in [0.05, 0.1) is 6.10 Å². The van der Waals surface area contributed by atoms with Crippen LogP contribution >= 0.6 is 0 Å². The highest BCUT2D eigenvalue weighted by Crippen LogP contribution is 2.02. The highest BCUT2D eigenvalue weighted by Gasteiger charge is 2.13. The first kappa shape index (κ1) is 10.2. The Morgan fingerprint density at radius 3 is 2.92 bits per heavy atom. The van der Waals surface area contributed by atoms with Crippen molar-refractivity contribution in [2.75, 3.05) is 31.1 Å². The second-order valence-electron chi connectivity index (χ2n) is 3.35. The number of hydrogen-bond acceptors (Lipinski definition) is 3. The van der Waals surface area contributed by atoms with Crippen molar-refractivity contribution in [3.63, 3.8) is 0 Å². The van der Waals surface area contributed by atoms with Crippen molar-refractivity contribution in [1.82, 2.24) is 4.90 Å². The molecule has 1 aliphatic heterocycles. The standard InChI is InChI=1S/C8H17NO2S/c1-8(10)7-9-3-2-5-12(11)6-4-9/h8,10H,2-7H2,1H3/t8-,12?/m0/s1. The van der Waals surface area contributed by atoms with Gasteiger partial charge in [-0.1, -0.05) is 0 Å². The monoisotopic (exact) mass is 191 g/mol. The highest BCUT2D eigenvalue weighted by atomic mass is 32.2. The van der Waals surface area contributed by atoms with Crippen LogP contribution in [0.1, 0.15) is 13.3 Å². The maximum Gasteiger partial charge on any atom is 0.0639 e. The molecule has 1 fully saturated rings. The Hall–Kier alpha value is 0.0700. The van der Waals surface area contributed by atoms with E-state index in [9.17, 15) is 4.21 Å². The highest BCUT2D eigenvalue weighted by molar-refractivity contribution is 7.85. The molecule has 1 N–H and O–H groups in total. The smallest absolute Gasteiger partial charge is 0.0639 e. The molecule has 2 atom stereocenters. The van der Waals surface area contributed by atoms with Crippen LogP contribution in [0.3, 0.4) is 0 Å². The van der Waals surface area contributed by atoms with Gasteiger partial charge in [0.1, 0.15) is 0 Å². The molecule has 1 rings (SSSR count). The molecule has 0 aromatic heterocycles. The van der Waals surface area contributed by atoms with E-state index in [0.717, 1.165) is 37.6 Å². The first-order chi connectivity index (χ1) is 5.68. The largest absolute Gasteiger partial charge is 0.392 e. The SMILES string of the molecule is C[C@H](O)CN1CCCS(=O)CC1. The lowest BCUT2D eigenvalue weighted by atomic mass is 10.3. The van der Waals surface area contributed by atoms with Crippen molar-refractivity contribution >= 4 is 10.8 Å². The second kappa shape index (κ2) is 4.94. The van der Waals surface area contributed by atoms with Crippen molar-refractivity contribution in [2.24, 2.45) is 0 Å². The molecule has 12 heavy (non-hydrogen) atoms. The van der Waals surface area contributed by atoms with E-state index >= 15 is 0 Å². The molecule has 0 aromatic rings. The van der Waals surface area contributed by atoms with Crippen LogP contribution in [-0.2, 0) is 10.8 Å². The van der Waals surface area contributed by atoms with Gasteiger partial charge in [0.15, 0.2) is 0 Å². The molecular weight excluding hydrogens is 174 g/mol. The quantitative estimate of drug-likeness (QED) is 0.658. The van der Waals surface area contributed by atoms with E-state index in [0.29, 0.717) is 0 Å². The average Bonchev–Trinajstić information content (AvgIpc) is 2.15. The summed E-state index contributed by atoms with van der Waals surface area (Å²) in [4.78, 5) is 2.19. The third kappa shape index (κ3) is 3.65. The van der Waals surface area contributed by atoms with Crippen molar-refractivity contribution in [1.29, 1.82) is 0 Å². The van der Waals surface area contributed by atoms with Crippen molar-refractivity contribution in [3.05, 3.63) is 0 Å². The summed E-state index contributed by atoms with van der Waals surface area (Å²) in [7, 11) is -0.616. The van der Waals surface area contributed by atoms with Gasteiger partial charge in [-0.15, -0.1) is 0 Å². The van der Waals surface area contributed by atoms with Crippen LogP contribution in [-0.4, -0.2) is 51.5 Å². The van der Waals surface area contributed by atoms with E-state index in [1.54, 1.807) is 6.92 Å². The molecule has 0 radical (unpaired) electrons. The van der Waals surface area contributed by atoms with Gasteiger partial charge in [0, 0.05) is 35.4 Å². The van der Waals surface area contributed by atoms with E-state index in [2.05, 4.69) is 4.90 Å². The molecule has 0 aromatic carbocycles. The van der Waals surface area contributed by atoms with Crippen LogP contribution in [0, 0.1) is 0 Å². The van der Waals surface area contributed by atoms with Crippen molar-refractivity contribution in [3.8, 4) is 0 Å². The molecule has 0 amide bonds. The molecule has 0 saturated carbocycles. The lowest BCUT2D eigenvalue weighted by Crippen LogP contribution is -2.33. The first-order valence-electron chi connectivity index (χ1n) is 4.44. The molecule has 72 valence electrons. The summed E-state index contributed by atoms with van der Waals surface area (Å²) in [6.45, 7) is 4.37. The zero-order valence-electron chi connectivity index (χ0n) is 7.53. The van der Waals surface area contributed by atoms with E-state index in [4.69, 9.17) is 5.11 Å². The molecule has 4 heteroatoms.